The highest BCUT2D eigenvalue weighted by Gasteiger charge is 2.29. The van der Waals surface area contributed by atoms with E-state index in [0.29, 0.717) is 11.1 Å². The second-order valence-electron chi connectivity index (χ2n) is 10.5. The molecule has 0 saturated heterocycles. The lowest BCUT2D eigenvalue weighted by Crippen LogP contribution is -2.55. The molecule has 0 saturated carbocycles. The average molecular weight is 682 g/mol. The van der Waals surface area contributed by atoms with Gasteiger partial charge in [-0.15, -0.1) is 0 Å². The lowest BCUT2D eigenvalue weighted by molar-refractivity contribution is -0.388. The Kier molecular flexibility index (Phi) is 13.8. The molecule has 0 aliphatic rings. The third-order valence-electron chi connectivity index (χ3n) is 6.79. The Balaban J connectivity index is 1.58. The van der Waals surface area contributed by atoms with Crippen LogP contribution in [0.3, 0.4) is 0 Å². The van der Waals surface area contributed by atoms with Gasteiger partial charge in [0, 0.05) is 24.4 Å². The number of aromatic nitrogens is 1. The van der Waals surface area contributed by atoms with Gasteiger partial charge < -0.3 is 37.2 Å². The number of thioether (sulfide) groups is 1. The van der Waals surface area contributed by atoms with Crippen molar-refractivity contribution in [2.45, 2.75) is 49.0 Å². The van der Waals surface area contributed by atoms with Gasteiger partial charge in [-0.2, -0.15) is 0 Å². The number of phenols is 1. The molecular weight excluding hydrogens is 646 g/mol. The molecule has 0 aliphatic carbocycles. The van der Waals surface area contributed by atoms with E-state index in [0.717, 1.165) is 11.8 Å². The lowest BCUT2D eigenvalue weighted by Gasteiger charge is -2.22. The second kappa shape index (κ2) is 18.0. The maximum atomic E-state index is 13.3. The summed E-state index contributed by atoms with van der Waals surface area (Å²) in [6.45, 7) is 0.826. The summed E-state index contributed by atoms with van der Waals surface area (Å²) < 4.78 is 0. The number of carbonyl (C=O) groups excluding carboxylic acids is 4. The van der Waals surface area contributed by atoms with Crippen LogP contribution in [-0.4, -0.2) is 86.2 Å². The third-order valence-corrected chi connectivity index (χ3v) is 7.88. The maximum absolute atomic E-state index is 13.3. The normalized spacial score (nSPS) is 13.2. The van der Waals surface area contributed by atoms with E-state index in [1.165, 1.54) is 37.4 Å². The summed E-state index contributed by atoms with van der Waals surface area (Å²) in [6.07, 6.45) is 1.44. The highest BCUT2D eigenvalue weighted by atomic mass is 32.2. The number of amides is 4. The smallest absolute Gasteiger partial charge is 0.327 e. The van der Waals surface area contributed by atoms with E-state index >= 15 is 0 Å². The number of rotatable bonds is 17. The minimum Gasteiger partial charge on any atom is -0.508 e. The first kappa shape index (κ1) is 36.9. The number of hydrogen-bond acceptors (Lipinski definition) is 11. The van der Waals surface area contributed by atoms with Gasteiger partial charge in [0.25, 0.3) is 0 Å². The number of carbonyl (C=O) groups is 5. The molecule has 254 valence electrons. The molecule has 3 rings (SSSR count). The molecule has 8 N–H and O–H groups in total. The van der Waals surface area contributed by atoms with Crippen LogP contribution in [-0.2, 0) is 36.8 Å². The molecule has 1 heterocycles. The van der Waals surface area contributed by atoms with Crippen LogP contribution >= 0.6 is 11.8 Å². The number of nitrogens with zero attached hydrogens (tertiary/aromatic N) is 2. The van der Waals surface area contributed by atoms with Gasteiger partial charge in [-0.3, -0.25) is 29.3 Å². The van der Waals surface area contributed by atoms with Crippen molar-refractivity contribution in [2.24, 2.45) is 5.73 Å². The van der Waals surface area contributed by atoms with Crippen molar-refractivity contribution in [2.75, 3.05) is 12.3 Å². The zero-order valence-electron chi connectivity index (χ0n) is 25.7. The zero-order valence-corrected chi connectivity index (χ0v) is 26.5. The number of nitrogens with one attached hydrogen (secondary N) is 4. The van der Waals surface area contributed by atoms with Crippen molar-refractivity contribution < 1.29 is 39.1 Å². The van der Waals surface area contributed by atoms with Gasteiger partial charge in [0.2, 0.25) is 23.6 Å². The van der Waals surface area contributed by atoms with Crippen LogP contribution in [0, 0.1) is 10.1 Å². The van der Waals surface area contributed by atoms with Crippen molar-refractivity contribution in [3.8, 4) is 5.75 Å². The van der Waals surface area contributed by atoms with E-state index in [1.54, 1.807) is 42.5 Å². The number of hydrogen-bond donors (Lipinski definition) is 7. The largest absolute Gasteiger partial charge is 0.508 e. The summed E-state index contributed by atoms with van der Waals surface area (Å²) in [7, 11) is 0. The second-order valence-corrected chi connectivity index (χ2v) is 11.5. The summed E-state index contributed by atoms with van der Waals surface area (Å²) in [5, 5.41) is 40.1. The number of nitrogens with two attached hydrogens (primary N) is 1. The number of carboxylic acids is 1. The maximum Gasteiger partial charge on any atom is 0.327 e. The highest BCUT2D eigenvalue weighted by molar-refractivity contribution is 7.99. The predicted octanol–water partition coefficient (Wildman–Crippen LogP) is 0.275. The van der Waals surface area contributed by atoms with Crippen molar-refractivity contribution in [1.29, 1.82) is 0 Å². The monoisotopic (exact) mass is 681 g/mol. The molecule has 0 bridgehead atoms. The van der Waals surface area contributed by atoms with Gasteiger partial charge in [0.15, 0.2) is 5.03 Å². The van der Waals surface area contributed by atoms with Gasteiger partial charge in [-0.05, 0) is 42.7 Å². The van der Waals surface area contributed by atoms with Crippen molar-refractivity contribution in [1.82, 2.24) is 26.3 Å². The number of phenolic OH excluding ortho intramolecular Hbond substituents is 1. The third kappa shape index (κ3) is 11.7. The van der Waals surface area contributed by atoms with Crippen molar-refractivity contribution in [3.63, 3.8) is 0 Å². The van der Waals surface area contributed by atoms with Crippen molar-refractivity contribution in [3.05, 3.63) is 94.2 Å². The summed E-state index contributed by atoms with van der Waals surface area (Å²) >= 11 is 0.774. The standard InChI is InChI=1S/C31H35N7O9S/c1-18(35-28(42)22(32)14-20-9-11-21(39)12-10-20)27(41)34-16-26(40)36-23(15-19-6-3-2-4-7-19)29(43)37-24(31(44)45)17-48-30-25(38(46)47)8-5-13-33-30/h2-13,18,22-24,39H,14-17,32H2,1H3,(H,34,41)(H,35,42)(H,36,40)(H,37,43)(H,44,45)/t18-,22+,23+,24+/m1/s1. The van der Waals surface area contributed by atoms with Gasteiger partial charge >= 0.3 is 11.7 Å². The zero-order chi connectivity index (χ0) is 35.2. The van der Waals surface area contributed by atoms with Crippen LogP contribution in [0.1, 0.15) is 18.1 Å². The number of aromatic hydroxyl groups is 1. The van der Waals surface area contributed by atoms with Crippen LogP contribution in [0.4, 0.5) is 5.69 Å². The van der Waals surface area contributed by atoms with Crippen LogP contribution in [0.2, 0.25) is 0 Å². The molecule has 16 nitrogen and oxygen atoms in total. The van der Waals surface area contributed by atoms with Crippen LogP contribution in [0.25, 0.3) is 0 Å². The molecule has 0 fully saturated rings. The molecule has 2 aromatic carbocycles. The molecule has 4 atom stereocenters. The molecule has 0 spiro atoms. The van der Waals surface area contributed by atoms with Gasteiger partial charge in [0.05, 0.1) is 17.5 Å². The van der Waals surface area contributed by atoms with Gasteiger partial charge in [0.1, 0.15) is 23.9 Å². The van der Waals surface area contributed by atoms with E-state index in [4.69, 9.17) is 5.73 Å². The molecule has 0 aliphatic heterocycles. The number of aliphatic carboxylic acids is 1. The Morgan fingerprint density at radius 1 is 0.875 bits per heavy atom. The Hall–Kier alpha value is -5.55. The van der Waals surface area contributed by atoms with E-state index in [1.807, 2.05) is 0 Å². The fourth-order valence-corrected chi connectivity index (χ4v) is 5.21. The molecule has 17 heteroatoms. The molecule has 1 aromatic heterocycles. The summed E-state index contributed by atoms with van der Waals surface area (Å²) in [5.74, 6) is -4.58. The fraction of sp³-hybridized carbons (Fsp3) is 0.290. The first-order valence-corrected chi connectivity index (χ1v) is 15.5. The predicted molar refractivity (Wildman–Crippen MR) is 174 cm³/mol. The van der Waals surface area contributed by atoms with Gasteiger partial charge in [-0.25, -0.2) is 9.78 Å². The minimum atomic E-state index is -1.50. The van der Waals surface area contributed by atoms with Gasteiger partial charge in [-0.1, -0.05) is 54.2 Å². The number of benzene rings is 2. The van der Waals surface area contributed by atoms with E-state index in [9.17, 15) is 44.3 Å². The van der Waals surface area contributed by atoms with E-state index in [-0.39, 0.29) is 35.1 Å². The fourth-order valence-electron chi connectivity index (χ4n) is 4.23. The van der Waals surface area contributed by atoms with E-state index in [2.05, 4.69) is 26.3 Å². The Morgan fingerprint density at radius 2 is 1.54 bits per heavy atom. The summed E-state index contributed by atoms with van der Waals surface area (Å²) in [6, 6.07) is 12.5. The van der Waals surface area contributed by atoms with Crippen LogP contribution in [0.5, 0.6) is 5.75 Å². The minimum absolute atomic E-state index is 0.0249. The lowest BCUT2D eigenvalue weighted by atomic mass is 10.0. The molecule has 0 radical (unpaired) electrons. The first-order valence-electron chi connectivity index (χ1n) is 14.5. The Morgan fingerprint density at radius 3 is 2.19 bits per heavy atom. The Bertz CT molecular complexity index is 1610. The Labute approximate surface area is 279 Å². The average Bonchev–Trinajstić information content (AvgIpc) is 3.06. The quantitative estimate of drug-likeness (QED) is 0.0576. The van der Waals surface area contributed by atoms with Crippen LogP contribution < -0.4 is 27.0 Å². The molecule has 48 heavy (non-hydrogen) atoms. The highest BCUT2D eigenvalue weighted by Crippen LogP contribution is 2.26. The molecule has 3 aromatic rings. The summed E-state index contributed by atoms with van der Waals surface area (Å²) in [5.41, 5.74) is 6.97. The molecular formula is C31H35N7O9S. The van der Waals surface area contributed by atoms with E-state index < -0.39 is 65.2 Å². The molecule has 0 unspecified atom stereocenters. The molecule has 4 amide bonds. The SMILES string of the molecule is C[C@@H](NC(=O)[C@@H](N)Cc1ccc(O)cc1)C(=O)NCC(=O)N[C@@H](Cc1ccccc1)C(=O)N[C@@H](CSc1ncccc1[N+](=O)[O-])C(=O)O. The van der Waals surface area contributed by atoms with Crippen LogP contribution in [0.15, 0.2) is 78.0 Å². The first-order chi connectivity index (χ1) is 22.8. The number of nitro groups is 1. The summed E-state index contributed by atoms with van der Waals surface area (Å²) in [4.78, 5) is 77.8. The number of carboxylic acid groups (broad SMARTS) is 1. The number of pyridine rings is 1. The topological polar surface area (TPSA) is 256 Å². The van der Waals surface area contributed by atoms with Crippen molar-refractivity contribution >= 4 is 47.0 Å².